The van der Waals surface area contributed by atoms with Gasteiger partial charge in [-0.1, -0.05) is 145 Å². The highest BCUT2D eigenvalue weighted by Crippen LogP contribution is 2.56. The Bertz CT molecular complexity index is 2820. The molecular formula is C52H45NO. The second-order valence-electron chi connectivity index (χ2n) is 17.1. The minimum Gasteiger partial charge on any atom is -0.456 e. The molecule has 0 amide bonds. The van der Waals surface area contributed by atoms with Crippen LogP contribution in [0.1, 0.15) is 73.0 Å². The third-order valence-corrected chi connectivity index (χ3v) is 12.2. The standard InChI is InChI=1S/C52H45NO/c1-50(2)32-51(3,4)43-31-47-40(30-42(43)50)48-44(24-16-26-46(48)54-47)53(45-25-15-22-39-38-21-13-14-23-41(38)52(5,6)49(39)45)37-28-35(33-17-9-7-10-18-33)27-36(29-37)34-19-11-8-12-20-34/h7-31H,32H2,1-6H3/i16D,24D. The molecule has 0 saturated heterocycles. The van der Waals surface area contributed by atoms with Crippen LogP contribution < -0.4 is 4.90 Å². The number of hydrogen-bond donors (Lipinski definition) is 0. The quantitative estimate of drug-likeness (QED) is 0.178. The van der Waals surface area contributed by atoms with Crippen LogP contribution >= 0.6 is 0 Å². The molecule has 10 rings (SSSR count). The summed E-state index contributed by atoms with van der Waals surface area (Å²) < 4.78 is 26.0. The van der Waals surface area contributed by atoms with Gasteiger partial charge in [-0.25, -0.2) is 0 Å². The van der Waals surface area contributed by atoms with Crippen molar-refractivity contribution in [3.8, 4) is 33.4 Å². The molecule has 54 heavy (non-hydrogen) atoms. The molecule has 2 aliphatic rings. The SMILES string of the molecule is [2H]c1cc2oc3cc4c(cc3c2c(N(c2cc(-c3ccccc3)cc(-c3ccccc3)c2)c2cccc3c2C(C)(C)c2ccccc2-3)c1[2H])C(C)(C)CC4(C)C. The molecule has 0 unspecified atom stereocenters. The van der Waals surface area contributed by atoms with Crippen molar-refractivity contribution in [2.75, 3.05) is 4.90 Å². The predicted molar refractivity (Wildman–Crippen MR) is 228 cm³/mol. The van der Waals surface area contributed by atoms with Crippen molar-refractivity contribution in [3.63, 3.8) is 0 Å². The summed E-state index contributed by atoms with van der Waals surface area (Å²) in [5.41, 5.74) is 15.5. The molecule has 264 valence electrons. The Labute approximate surface area is 321 Å². The summed E-state index contributed by atoms with van der Waals surface area (Å²) in [6, 6.07) is 49.8. The molecule has 1 aromatic heterocycles. The maximum absolute atomic E-state index is 9.90. The summed E-state index contributed by atoms with van der Waals surface area (Å²) in [5, 5.41) is 1.84. The fraction of sp³-hybridized carbons (Fsp3) is 0.192. The Balaban J connectivity index is 1.35. The predicted octanol–water partition coefficient (Wildman–Crippen LogP) is 14.7. The van der Waals surface area contributed by atoms with E-state index in [2.05, 4.69) is 180 Å². The zero-order valence-electron chi connectivity index (χ0n) is 33.8. The first-order chi connectivity index (χ1) is 26.8. The Hall–Kier alpha value is -5.86. The molecule has 0 fully saturated rings. The Morgan fingerprint density at radius 2 is 1.15 bits per heavy atom. The topological polar surface area (TPSA) is 16.4 Å². The minimum atomic E-state index is -0.338. The highest BCUT2D eigenvalue weighted by Gasteiger charge is 2.43. The van der Waals surface area contributed by atoms with Gasteiger partial charge in [0, 0.05) is 16.5 Å². The van der Waals surface area contributed by atoms with Gasteiger partial charge in [0.2, 0.25) is 0 Å². The van der Waals surface area contributed by atoms with Gasteiger partial charge in [-0.05, 0) is 121 Å². The normalized spacial score (nSPS) is 16.5. The molecular weight excluding hydrogens is 655 g/mol. The summed E-state index contributed by atoms with van der Waals surface area (Å²) in [6.45, 7) is 14.0. The third-order valence-electron chi connectivity index (χ3n) is 12.2. The first-order valence-corrected chi connectivity index (χ1v) is 19.1. The second-order valence-corrected chi connectivity index (χ2v) is 17.1. The monoisotopic (exact) mass is 701 g/mol. The third kappa shape index (κ3) is 4.86. The van der Waals surface area contributed by atoms with Crippen molar-refractivity contribution in [2.45, 2.75) is 64.2 Å². The number of anilines is 3. The van der Waals surface area contributed by atoms with Crippen LogP contribution in [0.4, 0.5) is 17.1 Å². The van der Waals surface area contributed by atoms with Gasteiger partial charge >= 0.3 is 0 Å². The van der Waals surface area contributed by atoms with Crippen LogP contribution in [0.5, 0.6) is 0 Å². The molecule has 8 aromatic rings. The van der Waals surface area contributed by atoms with Gasteiger partial charge in [0.05, 0.1) is 19.5 Å². The van der Waals surface area contributed by atoms with Crippen LogP contribution in [0.25, 0.3) is 55.3 Å². The van der Waals surface area contributed by atoms with E-state index in [1.807, 2.05) is 0 Å². The first kappa shape index (κ1) is 30.6. The van der Waals surface area contributed by atoms with Gasteiger partial charge in [0.1, 0.15) is 11.2 Å². The van der Waals surface area contributed by atoms with Crippen LogP contribution in [0.15, 0.2) is 156 Å². The summed E-state index contributed by atoms with van der Waals surface area (Å²) in [4.78, 5) is 2.28. The molecule has 1 heterocycles. The van der Waals surface area contributed by atoms with E-state index in [9.17, 15) is 2.74 Å². The van der Waals surface area contributed by atoms with Gasteiger partial charge in [-0.3, -0.25) is 0 Å². The van der Waals surface area contributed by atoms with E-state index >= 15 is 0 Å². The number of furan rings is 1. The summed E-state index contributed by atoms with van der Waals surface area (Å²) >= 11 is 0. The molecule has 0 bridgehead atoms. The van der Waals surface area contributed by atoms with Gasteiger partial charge in [0.25, 0.3) is 0 Å². The van der Waals surface area contributed by atoms with Gasteiger partial charge in [0.15, 0.2) is 0 Å². The van der Waals surface area contributed by atoms with Gasteiger partial charge < -0.3 is 9.32 Å². The number of fused-ring (bicyclic) bond motifs is 7. The van der Waals surface area contributed by atoms with Gasteiger partial charge in [-0.2, -0.15) is 0 Å². The maximum atomic E-state index is 9.90. The fourth-order valence-electron chi connectivity index (χ4n) is 10.1. The molecule has 2 aliphatic carbocycles. The lowest BCUT2D eigenvalue weighted by Gasteiger charge is -2.33. The van der Waals surface area contributed by atoms with E-state index in [1.165, 1.54) is 33.4 Å². The lowest BCUT2D eigenvalue weighted by Crippen LogP contribution is -2.21. The van der Waals surface area contributed by atoms with Crippen LogP contribution in [-0.2, 0) is 16.2 Å². The van der Waals surface area contributed by atoms with E-state index in [4.69, 9.17) is 4.42 Å². The first-order valence-electron chi connectivity index (χ1n) is 20.1. The van der Waals surface area contributed by atoms with Crippen molar-refractivity contribution in [2.24, 2.45) is 0 Å². The van der Waals surface area contributed by atoms with E-state index in [0.29, 0.717) is 11.3 Å². The van der Waals surface area contributed by atoms with E-state index in [1.54, 1.807) is 6.07 Å². The molecule has 0 spiro atoms. The molecule has 2 nitrogen and oxygen atoms in total. The van der Waals surface area contributed by atoms with E-state index < -0.39 is 0 Å². The van der Waals surface area contributed by atoms with Crippen LogP contribution in [0.3, 0.4) is 0 Å². The molecule has 0 aliphatic heterocycles. The van der Waals surface area contributed by atoms with Crippen molar-refractivity contribution in [1.82, 2.24) is 0 Å². The maximum Gasteiger partial charge on any atom is 0.137 e. The van der Waals surface area contributed by atoms with Crippen molar-refractivity contribution >= 4 is 39.0 Å². The molecule has 7 aromatic carbocycles. The van der Waals surface area contributed by atoms with Crippen LogP contribution in [-0.4, -0.2) is 0 Å². The molecule has 2 heteroatoms. The number of nitrogens with zero attached hydrogens (tertiary/aromatic N) is 1. The molecule has 0 saturated carbocycles. The number of hydrogen-bond acceptors (Lipinski definition) is 2. The van der Waals surface area contributed by atoms with E-state index in [0.717, 1.165) is 56.4 Å². The number of benzene rings is 7. The summed E-state index contributed by atoms with van der Waals surface area (Å²) in [6.07, 6.45) is 1.04. The fourth-order valence-corrected chi connectivity index (χ4v) is 10.1. The van der Waals surface area contributed by atoms with Gasteiger partial charge in [-0.15, -0.1) is 0 Å². The molecule has 0 N–H and O–H groups in total. The Kier molecular flexibility index (Phi) is 6.55. The smallest absolute Gasteiger partial charge is 0.137 e. The lowest BCUT2D eigenvalue weighted by atomic mass is 9.81. The lowest BCUT2D eigenvalue weighted by molar-refractivity contribution is 0.403. The average molecular weight is 702 g/mol. The highest BCUT2D eigenvalue weighted by molar-refractivity contribution is 6.14. The second kappa shape index (κ2) is 11.6. The van der Waals surface area contributed by atoms with Crippen molar-refractivity contribution < 1.29 is 7.16 Å². The zero-order chi connectivity index (χ0) is 38.7. The largest absolute Gasteiger partial charge is 0.456 e. The molecule has 0 radical (unpaired) electrons. The zero-order valence-corrected chi connectivity index (χ0v) is 31.8. The molecule has 0 atom stereocenters. The van der Waals surface area contributed by atoms with E-state index in [-0.39, 0.29) is 28.3 Å². The van der Waals surface area contributed by atoms with Crippen molar-refractivity contribution in [1.29, 1.82) is 0 Å². The Morgan fingerprint density at radius 1 is 0.537 bits per heavy atom. The minimum absolute atomic E-state index is 0.00106. The Morgan fingerprint density at radius 3 is 1.83 bits per heavy atom. The number of rotatable bonds is 5. The highest BCUT2D eigenvalue weighted by atomic mass is 16.3. The van der Waals surface area contributed by atoms with Crippen LogP contribution in [0, 0.1) is 0 Å². The summed E-state index contributed by atoms with van der Waals surface area (Å²) in [5.74, 6) is 0. The summed E-state index contributed by atoms with van der Waals surface area (Å²) in [7, 11) is 0. The van der Waals surface area contributed by atoms with Crippen molar-refractivity contribution in [3.05, 3.63) is 174 Å². The van der Waals surface area contributed by atoms with Crippen LogP contribution in [0.2, 0.25) is 0 Å². The average Bonchev–Trinajstić information content (AvgIpc) is 3.73.